The van der Waals surface area contributed by atoms with Gasteiger partial charge in [0.25, 0.3) is 0 Å². The summed E-state index contributed by atoms with van der Waals surface area (Å²) in [6.07, 6.45) is 1.85. The van der Waals surface area contributed by atoms with Crippen LogP contribution in [0.4, 0.5) is 0 Å². The minimum Gasteiger partial charge on any atom is -0.395 e. The maximum Gasteiger partial charge on any atom is 0.214 e. The number of sulfonamides is 1. The molecule has 0 aromatic rings. The Morgan fingerprint density at radius 2 is 1.86 bits per heavy atom. The molecule has 0 aliphatic rings. The summed E-state index contributed by atoms with van der Waals surface area (Å²) in [6.45, 7) is 4.99. The molecule has 0 saturated heterocycles. The van der Waals surface area contributed by atoms with Crippen LogP contribution < -0.4 is 4.72 Å². The fraction of sp³-hybridized carbons (Fsp3) is 1.00. The third-order valence-corrected chi connectivity index (χ3v) is 5.12. The molecule has 2 unspecified atom stereocenters. The van der Waals surface area contributed by atoms with E-state index in [4.69, 9.17) is 5.11 Å². The van der Waals surface area contributed by atoms with Crippen molar-refractivity contribution in [1.82, 2.24) is 4.72 Å². The fourth-order valence-electron chi connectivity index (χ4n) is 0.908. The van der Waals surface area contributed by atoms with Crippen LogP contribution in [-0.2, 0) is 10.0 Å². The van der Waals surface area contributed by atoms with Gasteiger partial charge in [-0.15, -0.1) is 0 Å². The van der Waals surface area contributed by atoms with Crippen molar-refractivity contribution < 1.29 is 13.5 Å². The first-order valence-corrected chi connectivity index (χ1v) is 7.33. The Hall–Kier alpha value is 0.220. The molecule has 4 nitrogen and oxygen atoms in total. The summed E-state index contributed by atoms with van der Waals surface area (Å²) in [5, 5.41) is 8.44. The Balaban J connectivity index is 4.38. The standard InChI is InChI=1S/C8H19NO3S2/c1-6(2)14(11,12)9-7(3)8(5-10)13-4/h6-10H,5H2,1-4H3. The number of aliphatic hydroxyl groups is 1. The van der Waals surface area contributed by atoms with E-state index < -0.39 is 15.3 Å². The lowest BCUT2D eigenvalue weighted by Gasteiger charge is -2.22. The first kappa shape index (κ1) is 14.2. The van der Waals surface area contributed by atoms with Crippen molar-refractivity contribution in [2.45, 2.75) is 37.3 Å². The van der Waals surface area contributed by atoms with E-state index >= 15 is 0 Å². The second-order valence-electron chi connectivity index (χ2n) is 3.46. The lowest BCUT2D eigenvalue weighted by molar-refractivity contribution is 0.282. The lowest BCUT2D eigenvalue weighted by atomic mass is 10.3. The maximum atomic E-state index is 11.5. The van der Waals surface area contributed by atoms with E-state index in [0.29, 0.717) is 0 Å². The van der Waals surface area contributed by atoms with Crippen molar-refractivity contribution in [3.63, 3.8) is 0 Å². The molecule has 0 fully saturated rings. The Kier molecular flexibility index (Phi) is 6.04. The molecule has 0 spiro atoms. The van der Waals surface area contributed by atoms with Gasteiger partial charge in [0.15, 0.2) is 0 Å². The van der Waals surface area contributed by atoms with Crippen LogP contribution in [0.5, 0.6) is 0 Å². The highest BCUT2D eigenvalue weighted by molar-refractivity contribution is 7.99. The molecule has 0 bridgehead atoms. The lowest BCUT2D eigenvalue weighted by Crippen LogP contribution is -2.43. The Morgan fingerprint density at radius 1 is 1.36 bits per heavy atom. The van der Waals surface area contributed by atoms with Crippen LogP contribution in [0.1, 0.15) is 20.8 Å². The molecular weight excluding hydrogens is 222 g/mol. The minimum absolute atomic E-state index is 0.0249. The van der Waals surface area contributed by atoms with Crippen LogP contribution in [-0.4, -0.2) is 42.9 Å². The molecule has 0 aliphatic heterocycles. The van der Waals surface area contributed by atoms with Gasteiger partial charge in [0.2, 0.25) is 10.0 Å². The summed E-state index contributed by atoms with van der Waals surface area (Å²) in [5.41, 5.74) is 0. The number of hydrogen-bond donors (Lipinski definition) is 2. The minimum atomic E-state index is -3.24. The third-order valence-electron chi connectivity index (χ3n) is 2.01. The molecule has 6 heteroatoms. The van der Waals surface area contributed by atoms with Gasteiger partial charge in [0.1, 0.15) is 0 Å². The van der Waals surface area contributed by atoms with Gasteiger partial charge in [-0.05, 0) is 27.0 Å². The van der Waals surface area contributed by atoms with Crippen molar-refractivity contribution in [3.8, 4) is 0 Å². The number of aliphatic hydroxyl groups excluding tert-OH is 1. The average Bonchev–Trinajstić information content (AvgIpc) is 2.05. The van der Waals surface area contributed by atoms with Gasteiger partial charge in [0, 0.05) is 11.3 Å². The molecule has 2 atom stereocenters. The van der Waals surface area contributed by atoms with Crippen LogP contribution >= 0.6 is 11.8 Å². The van der Waals surface area contributed by atoms with E-state index in [1.54, 1.807) is 20.8 Å². The topological polar surface area (TPSA) is 66.4 Å². The predicted molar refractivity (Wildman–Crippen MR) is 61.0 cm³/mol. The van der Waals surface area contributed by atoms with Crippen molar-refractivity contribution in [2.75, 3.05) is 12.9 Å². The molecule has 0 aromatic heterocycles. The molecule has 86 valence electrons. The summed E-state index contributed by atoms with van der Waals surface area (Å²) in [7, 11) is -3.24. The highest BCUT2D eigenvalue weighted by atomic mass is 32.2. The molecule has 0 aromatic carbocycles. The molecule has 14 heavy (non-hydrogen) atoms. The Morgan fingerprint density at radius 3 is 2.14 bits per heavy atom. The van der Waals surface area contributed by atoms with E-state index in [0.717, 1.165) is 0 Å². The number of hydrogen-bond acceptors (Lipinski definition) is 4. The molecule has 0 saturated carbocycles. The van der Waals surface area contributed by atoms with E-state index in [-0.39, 0.29) is 17.9 Å². The van der Waals surface area contributed by atoms with E-state index in [1.807, 2.05) is 6.26 Å². The van der Waals surface area contributed by atoms with Gasteiger partial charge in [-0.2, -0.15) is 11.8 Å². The monoisotopic (exact) mass is 241 g/mol. The van der Waals surface area contributed by atoms with E-state index in [9.17, 15) is 8.42 Å². The second kappa shape index (κ2) is 5.95. The maximum absolute atomic E-state index is 11.5. The van der Waals surface area contributed by atoms with Gasteiger partial charge >= 0.3 is 0 Å². The SMILES string of the molecule is CSC(CO)C(C)NS(=O)(=O)C(C)C. The van der Waals surface area contributed by atoms with Crippen molar-refractivity contribution >= 4 is 21.8 Å². The quantitative estimate of drug-likeness (QED) is 0.707. The van der Waals surface area contributed by atoms with Gasteiger partial charge < -0.3 is 5.11 Å². The zero-order valence-corrected chi connectivity index (χ0v) is 10.7. The summed E-state index contributed by atoms with van der Waals surface area (Å²) in [4.78, 5) is 0. The molecular formula is C8H19NO3S2. The van der Waals surface area contributed by atoms with Crippen LogP contribution in [0.2, 0.25) is 0 Å². The molecule has 0 aliphatic carbocycles. The van der Waals surface area contributed by atoms with Crippen LogP contribution in [0.25, 0.3) is 0 Å². The summed E-state index contributed by atoms with van der Waals surface area (Å²) < 4.78 is 25.5. The molecule has 2 N–H and O–H groups in total. The second-order valence-corrected chi connectivity index (χ2v) is 6.80. The summed E-state index contributed by atoms with van der Waals surface area (Å²) in [5.74, 6) is 0. The van der Waals surface area contributed by atoms with Gasteiger partial charge in [-0.25, -0.2) is 13.1 Å². The first-order chi connectivity index (χ1) is 6.35. The third kappa shape index (κ3) is 4.16. The van der Waals surface area contributed by atoms with Crippen LogP contribution in [0.15, 0.2) is 0 Å². The number of nitrogens with one attached hydrogen (secondary N) is 1. The van der Waals surface area contributed by atoms with Crippen molar-refractivity contribution in [1.29, 1.82) is 0 Å². The predicted octanol–water partition coefficient (Wildman–Crippen LogP) is 0.427. The van der Waals surface area contributed by atoms with E-state index in [2.05, 4.69) is 4.72 Å². The van der Waals surface area contributed by atoms with Gasteiger partial charge in [0.05, 0.1) is 11.9 Å². The van der Waals surface area contributed by atoms with E-state index in [1.165, 1.54) is 11.8 Å². The Bertz CT molecular complexity index is 247. The highest BCUT2D eigenvalue weighted by Gasteiger charge is 2.23. The summed E-state index contributed by atoms with van der Waals surface area (Å²) in [6, 6.07) is -0.248. The largest absolute Gasteiger partial charge is 0.395 e. The smallest absolute Gasteiger partial charge is 0.214 e. The van der Waals surface area contributed by atoms with Crippen LogP contribution in [0.3, 0.4) is 0 Å². The van der Waals surface area contributed by atoms with Gasteiger partial charge in [-0.1, -0.05) is 0 Å². The number of thioether (sulfide) groups is 1. The molecule has 0 rings (SSSR count). The molecule has 0 radical (unpaired) electrons. The summed E-state index contributed by atoms with van der Waals surface area (Å²) >= 11 is 1.45. The molecule has 0 amide bonds. The van der Waals surface area contributed by atoms with Gasteiger partial charge in [-0.3, -0.25) is 0 Å². The zero-order chi connectivity index (χ0) is 11.4. The van der Waals surface area contributed by atoms with Crippen molar-refractivity contribution in [2.24, 2.45) is 0 Å². The zero-order valence-electron chi connectivity index (χ0n) is 9.02. The highest BCUT2D eigenvalue weighted by Crippen LogP contribution is 2.12. The first-order valence-electron chi connectivity index (χ1n) is 4.50. The number of rotatable bonds is 6. The average molecular weight is 241 g/mol. The molecule has 0 heterocycles. The fourth-order valence-corrected chi connectivity index (χ4v) is 2.57. The van der Waals surface area contributed by atoms with Crippen molar-refractivity contribution in [3.05, 3.63) is 0 Å². The normalized spacial score (nSPS) is 17.0. The Labute approximate surface area is 90.5 Å². The van der Waals surface area contributed by atoms with Crippen LogP contribution in [0, 0.1) is 0 Å².